The fourth-order valence-electron chi connectivity index (χ4n) is 5.05. The third-order valence-electron chi connectivity index (χ3n) is 7.94. The lowest BCUT2D eigenvalue weighted by Gasteiger charge is -2.37. The van der Waals surface area contributed by atoms with E-state index in [4.69, 9.17) is 4.99 Å². The Kier molecular flexibility index (Phi) is 11.2. The van der Waals surface area contributed by atoms with Crippen molar-refractivity contribution in [3.63, 3.8) is 0 Å². The molecular formula is C31H48N3+. The minimum absolute atomic E-state index is 0.185. The van der Waals surface area contributed by atoms with Crippen LogP contribution in [0.5, 0.6) is 0 Å². The van der Waals surface area contributed by atoms with Gasteiger partial charge in [-0.05, 0) is 82.3 Å². The van der Waals surface area contributed by atoms with E-state index in [1.807, 2.05) is 0 Å². The Morgan fingerprint density at radius 2 is 1.47 bits per heavy atom. The molecule has 0 saturated carbocycles. The van der Waals surface area contributed by atoms with Crippen molar-refractivity contribution >= 4 is 18.1 Å². The molecule has 0 aliphatic carbocycles. The fourth-order valence-corrected chi connectivity index (χ4v) is 5.05. The summed E-state index contributed by atoms with van der Waals surface area (Å²) >= 11 is 0. The van der Waals surface area contributed by atoms with Gasteiger partial charge in [0, 0.05) is 11.1 Å². The van der Waals surface area contributed by atoms with Crippen LogP contribution in [-0.4, -0.2) is 50.1 Å². The minimum atomic E-state index is 0.185. The van der Waals surface area contributed by atoms with Crippen LogP contribution in [0.25, 0.3) is 0 Å². The first kappa shape index (κ1) is 28.0. The highest BCUT2D eigenvalue weighted by molar-refractivity contribution is 5.92. The van der Waals surface area contributed by atoms with Crippen LogP contribution < -0.4 is 0 Å². The summed E-state index contributed by atoms with van der Waals surface area (Å²) in [4.78, 5) is 9.32. The number of likely N-dealkylation sites (N-methyl/N-ethyl adjacent to an activating group) is 1. The number of aryl methyl sites for hydroxylation is 1. The van der Waals surface area contributed by atoms with Gasteiger partial charge in [0.1, 0.15) is 0 Å². The molecule has 0 N–H and O–H groups in total. The minimum Gasteiger partial charge on any atom is -0.325 e. The van der Waals surface area contributed by atoms with Crippen molar-refractivity contribution in [2.24, 2.45) is 15.4 Å². The Morgan fingerprint density at radius 1 is 0.882 bits per heavy atom. The molecule has 0 bridgehead atoms. The molecule has 0 heterocycles. The number of rotatable bonds is 15. The molecule has 0 spiro atoms. The van der Waals surface area contributed by atoms with Crippen molar-refractivity contribution in [2.45, 2.75) is 73.1 Å². The van der Waals surface area contributed by atoms with Crippen LogP contribution in [0.3, 0.4) is 0 Å². The van der Waals surface area contributed by atoms with Crippen molar-refractivity contribution in [1.29, 1.82) is 0 Å². The van der Waals surface area contributed by atoms with Crippen LogP contribution in [0.2, 0.25) is 0 Å². The number of quaternary nitrogens is 1. The Hall–Kier alpha value is -2.26. The first-order chi connectivity index (χ1) is 16.3. The second-order valence-corrected chi connectivity index (χ2v) is 10.2. The summed E-state index contributed by atoms with van der Waals surface area (Å²) in [7, 11) is 2.36. The van der Waals surface area contributed by atoms with Gasteiger partial charge < -0.3 is 4.48 Å². The maximum absolute atomic E-state index is 5.22. The lowest BCUT2D eigenvalue weighted by atomic mass is 9.73. The lowest BCUT2D eigenvalue weighted by molar-refractivity contribution is -0.906. The lowest BCUT2D eigenvalue weighted by Crippen LogP contribution is -2.46. The Labute approximate surface area is 209 Å². The molecule has 0 saturated heterocycles. The molecule has 0 radical (unpaired) electrons. The second kappa shape index (κ2) is 13.6. The summed E-state index contributed by atoms with van der Waals surface area (Å²) in [5.41, 5.74) is 6.63. The van der Waals surface area contributed by atoms with Crippen LogP contribution in [0.15, 0.2) is 58.5 Å². The maximum atomic E-state index is 5.22. The number of benzene rings is 2. The van der Waals surface area contributed by atoms with Gasteiger partial charge in [-0.2, -0.15) is 0 Å². The molecule has 0 fully saturated rings. The molecule has 0 aliphatic rings. The van der Waals surface area contributed by atoms with Gasteiger partial charge in [0.25, 0.3) is 0 Å². The molecule has 2 aromatic rings. The number of hydrogen-bond acceptors (Lipinski definition) is 2. The standard InChI is InChI=1S/C31H48N3/c1-8-30(31(9-2,10-3)21-12-23-34(7,11-4)24-22-32-6)33-29-19-17-28(18-20-29)25-27-15-13-26(5)14-16-27/h13-20H,6,8-12,21-25H2,1-5,7H3/q+1. The Morgan fingerprint density at radius 3 is 1.97 bits per heavy atom. The van der Waals surface area contributed by atoms with E-state index in [-0.39, 0.29) is 5.41 Å². The van der Waals surface area contributed by atoms with Gasteiger partial charge in [-0.25, -0.2) is 0 Å². The highest BCUT2D eigenvalue weighted by Gasteiger charge is 2.32. The summed E-state index contributed by atoms with van der Waals surface area (Å²) in [6, 6.07) is 17.7. The average Bonchev–Trinajstić information content (AvgIpc) is 2.87. The molecule has 0 amide bonds. The van der Waals surface area contributed by atoms with Crippen LogP contribution in [0.1, 0.15) is 76.5 Å². The quantitative estimate of drug-likeness (QED) is 0.190. The zero-order valence-corrected chi connectivity index (χ0v) is 22.7. The third kappa shape index (κ3) is 7.91. The molecule has 0 aromatic heterocycles. The molecule has 2 aromatic carbocycles. The molecule has 34 heavy (non-hydrogen) atoms. The van der Waals surface area contributed by atoms with E-state index in [0.29, 0.717) is 0 Å². The zero-order valence-electron chi connectivity index (χ0n) is 22.7. The van der Waals surface area contributed by atoms with Gasteiger partial charge in [0.15, 0.2) is 0 Å². The molecule has 186 valence electrons. The number of hydrogen-bond donors (Lipinski definition) is 0. The summed E-state index contributed by atoms with van der Waals surface area (Å²) in [5.74, 6) is 0. The molecule has 0 aliphatic heterocycles. The monoisotopic (exact) mass is 462 g/mol. The van der Waals surface area contributed by atoms with Crippen molar-refractivity contribution < 1.29 is 4.48 Å². The van der Waals surface area contributed by atoms with Gasteiger partial charge in [-0.3, -0.25) is 9.98 Å². The zero-order chi connectivity index (χ0) is 25.0. The molecule has 1 unspecified atom stereocenters. The summed E-state index contributed by atoms with van der Waals surface area (Å²) in [5, 5.41) is 0. The molecule has 1 atom stereocenters. The predicted octanol–water partition coefficient (Wildman–Crippen LogP) is 7.82. The Bertz CT molecular complexity index is 891. The fraction of sp³-hybridized carbons (Fsp3) is 0.548. The van der Waals surface area contributed by atoms with Gasteiger partial charge in [-0.15, -0.1) is 0 Å². The smallest absolute Gasteiger partial charge is 0.0982 e. The van der Waals surface area contributed by atoms with E-state index in [0.717, 1.165) is 55.5 Å². The predicted molar refractivity (Wildman–Crippen MR) is 151 cm³/mol. The second-order valence-electron chi connectivity index (χ2n) is 10.2. The highest BCUT2D eigenvalue weighted by atomic mass is 15.3. The van der Waals surface area contributed by atoms with Crippen LogP contribution in [0.4, 0.5) is 5.69 Å². The van der Waals surface area contributed by atoms with Gasteiger partial charge in [-0.1, -0.05) is 62.7 Å². The SMILES string of the molecule is C=NCC[N+](C)(CC)CCCC(CC)(CC)C(CC)=Nc1ccc(Cc2ccc(C)cc2)cc1. The first-order valence-electron chi connectivity index (χ1n) is 13.3. The van der Waals surface area contributed by atoms with Gasteiger partial charge >= 0.3 is 0 Å². The first-order valence-corrected chi connectivity index (χ1v) is 13.3. The molecule has 3 nitrogen and oxygen atoms in total. The highest BCUT2D eigenvalue weighted by Crippen LogP contribution is 2.37. The average molecular weight is 463 g/mol. The molecule has 2 rings (SSSR count). The maximum Gasteiger partial charge on any atom is 0.0982 e. The van der Waals surface area contributed by atoms with Crippen LogP contribution >= 0.6 is 0 Å². The van der Waals surface area contributed by atoms with E-state index in [9.17, 15) is 0 Å². The van der Waals surface area contributed by atoms with Crippen molar-refractivity contribution in [2.75, 3.05) is 33.2 Å². The Balaban J connectivity index is 2.13. The van der Waals surface area contributed by atoms with Gasteiger partial charge in [0.2, 0.25) is 0 Å². The van der Waals surface area contributed by atoms with E-state index in [2.05, 4.69) is 102 Å². The largest absolute Gasteiger partial charge is 0.325 e. The third-order valence-corrected chi connectivity index (χ3v) is 7.94. The number of aliphatic imine (C=N–C) groups is 2. The summed E-state index contributed by atoms with van der Waals surface area (Å²) in [6.45, 7) is 19.3. The van der Waals surface area contributed by atoms with Gasteiger partial charge in [0.05, 0.1) is 38.9 Å². The topological polar surface area (TPSA) is 24.7 Å². The van der Waals surface area contributed by atoms with Crippen molar-refractivity contribution in [3.05, 3.63) is 65.2 Å². The van der Waals surface area contributed by atoms with E-state index >= 15 is 0 Å². The molecule has 3 heteroatoms. The van der Waals surface area contributed by atoms with Crippen molar-refractivity contribution in [3.8, 4) is 0 Å². The van der Waals surface area contributed by atoms with Crippen LogP contribution in [-0.2, 0) is 6.42 Å². The van der Waals surface area contributed by atoms with Crippen LogP contribution in [0, 0.1) is 12.3 Å². The van der Waals surface area contributed by atoms with E-state index < -0.39 is 0 Å². The summed E-state index contributed by atoms with van der Waals surface area (Å²) in [6.07, 6.45) is 6.68. The van der Waals surface area contributed by atoms with E-state index in [1.165, 1.54) is 41.8 Å². The molecular weight excluding hydrogens is 414 g/mol. The summed E-state index contributed by atoms with van der Waals surface area (Å²) < 4.78 is 1.07. The number of nitrogens with zero attached hydrogens (tertiary/aromatic N) is 3. The van der Waals surface area contributed by atoms with Crippen molar-refractivity contribution in [1.82, 2.24) is 0 Å². The van der Waals surface area contributed by atoms with E-state index in [1.54, 1.807) is 0 Å². The normalized spacial score (nSPS) is 14.1.